The molecule has 0 radical (unpaired) electrons. The average molecular weight is 520 g/mol. The van der Waals surface area contributed by atoms with Gasteiger partial charge in [-0.25, -0.2) is 0 Å². The highest BCUT2D eigenvalue weighted by Crippen LogP contribution is 2.40. The van der Waals surface area contributed by atoms with Crippen LogP contribution in [0.4, 0.5) is 11.4 Å². The van der Waals surface area contributed by atoms with Gasteiger partial charge in [0, 0.05) is 41.7 Å². The standard InChI is InChI=1S/C16H17NO.C7H9NO.C3H6BrCl/c18-13-6-5-11-9-12-3-1-7-17-8-2-4-14(16(12)17)15(11)10-13;1-9-7-4-2-3-6(8)5-7;4-2-1-3-5/h5-6,9-10,18H,1-4,7-8H2;2-5H,8H2,1H3;1-3H2. The van der Waals surface area contributed by atoms with Gasteiger partial charge in [-0.15, -0.1) is 11.6 Å². The van der Waals surface area contributed by atoms with Gasteiger partial charge in [0.25, 0.3) is 0 Å². The quantitative estimate of drug-likeness (QED) is 0.305. The normalized spacial score (nSPS) is 13.9. The molecule has 5 rings (SSSR count). The van der Waals surface area contributed by atoms with E-state index >= 15 is 0 Å². The number of aromatic hydroxyl groups is 1. The number of aryl methyl sites for hydroxylation is 2. The number of rotatable bonds is 3. The number of hydrogen-bond acceptors (Lipinski definition) is 4. The zero-order valence-corrected chi connectivity index (χ0v) is 21.0. The lowest BCUT2D eigenvalue weighted by atomic mass is 9.88. The summed E-state index contributed by atoms with van der Waals surface area (Å²) in [5, 5.41) is 13.3. The predicted molar refractivity (Wildman–Crippen MR) is 141 cm³/mol. The third-order valence-electron chi connectivity index (χ3n) is 5.69. The molecule has 0 amide bonds. The molecule has 0 aliphatic carbocycles. The Morgan fingerprint density at radius 2 is 1.88 bits per heavy atom. The maximum atomic E-state index is 9.72. The molecular weight excluding hydrogens is 488 g/mol. The van der Waals surface area contributed by atoms with Crippen LogP contribution >= 0.6 is 27.5 Å². The highest BCUT2D eigenvalue weighted by Gasteiger charge is 2.25. The van der Waals surface area contributed by atoms with Gasteiger partial charge in [-0.1, -0.05) is 28.1 Å². The van der Waals surface area contributed by atoms with E-state index in [1.165, 1.54) is 59.9 Å². The fourth-order valence-corrected chi connectivity index (χ4v) is 5.02. The van der Waals surface area contributed by atoms with Crippen LogP contribution in [0.5, 0.6) is 11.5 Å². The van der Waals surface area contributed by atoms with Crippen molar-refractivity contribution in [2.45, 2.75) is 32.1 Å². The molecule has 0 bridgehead atoms. The third kappa shape index (κ3) is 6.23. The topological polar surface area (TPSA) is 58.7 Å². The van der Waals surface area contributed by atoms with Gasteiger partial charge in [-0.05, 0) is 84.3 Å². The molecule has 0 unspecified atom stereocenters. The van der Waals surface area contributed by atoms with Gasteiger partial charge in [0.15, 0.2) is 0 Å². The van der Waals surface area contributed by atoms with E-state index in [2.05, 4.69) is 33.0 Å². The van der Waals surface area contributed by atoms with Crippen LogP contribution in [0.2, 0.25) is 0 Å². The number of phenolic OH excluding ortho intramolecular Hbond substituents is 1. The van der Waals surface area contributed by atoms with E-state index in [1.54, 1.807) is 19.2 Å². The Labute approximate surface area is 204 Å². The lowest BCUT2D eigenvalue weighted by Crippen LogP contribution is -2.34. The summed E-state index contributed by atoms with van der Waals surface area (Å²) in [5.41, 5.74) is 10.6. The molecule has 0 saturated carbocycles. The Morgan fingerprint density at radius 1 is 1.09 bits per heavy atom. The molecule has 32 heavy (non-hydrogen) atoms. The van der Waals surface area contributed by atoms with Crippen molar-refractivity contribution in [1.82, 2.24) is 0 Å². The monoisotopic (exact) mass is 518 g/mol. The largest absolute Gasteiger partial charge is 0.508 e. The summed E-state index contributed by atoms with van der Waals surface area (Å²) in [6.07, 6.45) is 5.94. The van der Waals surface area contributed by atoms with Crippen LogP contribution in [0.1, 0.15) is 30.4 Å². The minimum Gasteiger partial charge on any atom is -0.508 e. The Morgan fingerprint density at radius 3 is 2.50 bits per heavy atom. The lowest BCUT2D eigenvalue weighted by Gasteiger charge is -2.37. The molecule has 0 fully saturated rings. The van der Waals surface area contributed by atoms with Crippen LogP contribution in [-0.2, 0) is 12.8 Å². The minimum atomic E-state index is 0.381. The average Bonchev–Trinajstić information content (AvgIpc) is 2.81. The molecule has 2 aliphatic rings. The second-order valence-electron chi connectivity index (χ2n) is 7.97. The van der Waals surface area contributed by atoms with Gasteiger partial charge in [-0.2, -0.15) is 0 Å². The second-order valence-corrected chi connectivity index (χ2v) is 9.14. The summed E-state index contributed by atoms with van der Waals surface area (Å²) in [5.74, 6) is 1.95. The molecule has 3 aromatic rings. The first-order valence-corrected chi connectivity index (χ1v) is 12.8. The maximum Gasteiger partial charge on any atom is 0.120 e. The molecule has 2 heterocycles. The van der Waals surface area contributed by atoms with Crippen molar-refractivity contribution in [3.8, 4) is 11.5 Å². The first-order chi connectivity index (χ1) is 15.6. The maximum absolute atomic E-state index is 9.72. The predicted octanol–water partition coefficient (Wildman–Crippen LogP) is 6.53. The number of hydrogen-bond donors (Lipinski definition) is 2. The van der Waals surface area contributed by atoms with E-state index in [1.807, 2.05) is 24.3 Å². The summed E-state index contributed by atoms with van der Waals surface area (Å²) >= 11 is 8.50. The number of ether oxygens (including phenoxy) is 1. The molecule has 0 atom stereocenters. The Hall–Kier alpha value is -2.11. The van der Waals surface area contributed by atoms with Crippen LogP contribution in [0.3, 0.4) is 0 Å². The number of benzene rings is 3. The number of nitrogens with zero attached hydrogens (tertiary/aromatic N) is 1. The molecule has 0 saturated heterocycles. The summed E-state index contributed by atoms with van der Waals surface area (Å²) < 4.78 is 4.92. The molecule has 0 aromatic heterocycles. The van der Waals surface area contributed by atoms with E-state index in [4.69, 9.17) is 22.1 Å². The van der Waals surface area contributed by atoms with E-state index in [-0.39, 0.29) is 0 Å². The Balaban J connectivity index is 0.000000173. The summed E-state index contributed by atoms with van der Waals surface area (Å²) in [6, 6.07) is 15.4. The van der Waals surface area contributed by atoms with Gasteiger partial charge in [0.1, 0.15) is 11.5 Å². The summed E-state index contributed by atoms with van der Waals surface area (Å²) in [7, 11) is 1.62. The number of methoxy groups -OCH3 is 1. The van der Waals surface area contributed by atoms with Crippen molar-refractivity contribution >= 4 is 49.7 Å². The number of alkyl halides is 2. The number of anilines is 2. The highest BCUT2D eigenvalue weighted by atomic mass is 79.9. The van der Waals surface area contributed by atoms with E-state index in [0.29, 0.717) is 5.75 Å². The molecule has 3 N–H and O–H groups in total. The number of fused-ring (bicyclic) bond motifs is 2. The van der Waals surface area contributed by atoms with Crippen LogP contribution in [0.15, 0.2) is 48.5 Å². The van der Waals surface area contributed by atoms with Crippen LogP contribution in [0, 0.1) is 0 Å². The van der Waals surface area contributed by atoms with Gasteiger partial charge in [0.2, 0.25) is 0 Å². The van der Waals surface area contributed by atoms with Gasteiger partial charge in [-0.3, -0.25) is 0 Å². The fraction of sp³-hybridized carbons (Fsp3) is 0.385. The Kier molecular flexibility index (Phi) is 9.36. The van der Waals surface area contributed by atoms with Gasteiger partial charge in [0.05, 0.1) is 7.11 Å². The minimum absolute atomic E-state index is 0.381. The first kappa shape index (κ1) is 24.5. The summed E-state index contributed by atoms with van der Waals surface area (Å²) in [6.45, 7) is 2.40. The second kappa shape index (κ2) is 12.2. The first-order valence-electron chi connectivity index (χ1n) is 11.1. The molecule has 6 heteroatoms. The smallest absolute Gasteiger partial charge is 0.120 e. The van der Waals surface area contributed by atoms with Gasteiger partial charge >= 0.3 is 0 Å². The number of phenols is 1. The van der Waals surface area contributed by atoms with Crippen molar-refractivity contribution < 1.29 is 9.84 Å². The number of halogens is 2. The molecule has 2 aliphatic heterocycles. The SMILES string of the molecule is COc1cccc(N)c1.ClCCCBr.Oc1ccc2cc3c4c(c2c1)CCCN4CCC3. The molecule has 4 nitrogen and oxygen atoms in total. The molecular formula is C26H32BrClN2O2. The van der Waals surface area contributed by atoms with Crippen LogP contribution in [0.25, 0.3) is 10.8 Å². The van der Waals surface area contributed by atoms with Crippen LogP contribution < -0.4 is 15.4 Å². The molecule has 3 aromatic carbocycles. The summed E-state index contributed by atoms with van der Waals surface area (Å²) in [4.78, 5) is 2.54. The zero-order chi connectivity index (χ0) is 22.9. The van der Waals surface area contributed by atoms with Crippen LogP contribution in [-0.4, -0.2) is 36.5 Å². The zero-order valence-electron chi connectivity index (χ0n) is 18.6. The number of nitrogens with two attached hydrogens (primary N) is 1. The van der Waals surface area contributed by atoms with Crippen molar-refractivity contribution in [2.75, 3.05) is 42.0 Å². The number of nitrogen functional groups attached to an aromatic ring is 1. The molecule has 0 spiro atoms. The van der Waals surface area contributed by atoms with Crippen molar-refractivity contribution in [3.63, 3.8) is 0 Å². The van der Waals surface area contributed by atoms with E-state index in [0.717, 1.165) is 35.5 Å². The highest BCUT2D eigenvalue weighted by molar-refractivity contribution is 9.09. The lowest BCUT2D eigenvalue weighted by molar-refractivity contribution is 0.415. The fourth-order valence-electron chi connectivity index (χ4n) is 4.28. The Bertz CT molecular complexity index is 1020. The third-order valence-corrected chi connectivity index (χ3v) is 6.52. The van der Waals surface area contributed by atoms with Crippen molar-refractivity contribution in [1.29, 1.82) is 0 Å². The van der Waals surface area contributed by atoms with E-state index in [9.17, 15) is 5.11 Å². The van der Waals surface area contributed by atoms with Crippen molar-refractivity contribution in [3.05, 3.63) is 59.7 Å². The molecule has 172 valence electrons. The van der Waals surface area contributed by atoms with Gasteiger partial charge < -0.3 is 20.5 Å². The van der Waals surface area contributed by atoms with E-state index < -0.39 is 0 Å². The van der Waals surface area contributed by atoms with Crippen molar-refractivity contribution in [2.24, 2.45) is 0 Å².